The van der Waals surface area contributed by atoms with Crippen molar-refractivity contribution in [1.29, 1.82) is 0 Å². The van der Waals surface area contributed by atoms with E-state index in [1.807, 2.05) is 0 Å². The van der Waals surface area contributed by atoms with Gasteiger partial charge in [0.15, 0.2) is 4.88 Å². The Kier molecular flexibility index (Phi) is 7.23. The van der Waals surface area contributed by atoms with Crippen molar-refractivity contribution in [3.8, 4) is 5.75 Å². The number of hydrogen-bond acceptors (Lipinski definition) is 7. The Morgan fingerprint density at radius 2 is 1.97 bits per heavy atom. The van der Waals surface area contributed by atoms with E-state index >= 15 is 0 Å². The molecule has 0 bridgehead atoms. The lowest BCUT2D eigenvalue weighted by Gasteiger charge is -2.39. The second kappa shape index (κ2) is 9.67. The first-order valence-corrected chi connectivity index (χ1v) is 10.6. The van der Waals surface area contributed by atoms with Gasteiger partial charge in [-0.15, -0.1) is 11.3 Å². The van der Waals surface area contributed by atoms with Crippen LogP contribution in [0.15, 0.2) is 35.7 Å². The highest BCUT2D eigenvalue weighted by Gasteiger charge is 2.34. The molecule has 1 aliphatic heterocycles. The van der Waals surface area contributed by atoms with Crippen molar-refractivity contribution in [2.45, 2.75) is 31.5 Å². The molecular formula is C21H26FNO5S. The van der Waals surface area contributed by atoms with Crippen LogP contribution >= 0.6 is 11.3 Å². The van der Waals surface area contributed by atoms with Crippen molar-refractivity contribution in [2.75, 3.05) is 32.8 Å². The molecule has 6 nitrogen and oxygen atoms in total. The van der Waals surface area contributed by atoms with Crippen LogP contribution in [0.5, 0.6) is 5.75 Å². The second-order valence-electron chi connectivity index (χ2n) is 7.14. The summed E-state index contributed by atoms with van der Waals surface area (Å²) in [6.07, 6.45) is 0.273. The molecule has 1 aromatic carbocycles. The lowest BCUT2D eigenvalue weighted by atomic mass is 9.84. The number of ether oxygens (including phenoxy) is 2. The fourth-order valence-electron chi connectivity index (χ4n) is 3.45. The maximum absolute atomic E-state index is 13.1. The molecule has 1 saturated heterocycles. The number of nitrogens with zero attached hydrogens (tertiary/aromatic N) is 1. The smallest absolute Gasteiger partial charge is 0.352 e. The van der Waals surface area contributed by atoms with Crippen LogP contribution in [0.25, 0.3) is 0 Å². The maximum Gasteiger partial charge on any atom is 0.352 e. The zero-order valence-electron chi connectivity index (χ0n) is 16.3. The number of β-amino-alcohol motifs (C(OH)–C–C–N with tert-alkyl or cyclic N) is 1. The minimum absolute atomic E-state index is 0.0574. The molecule has 29 heavy (non-hydrogen) atoms. The highest BCUT2D eigenvalue weighted by Crippen LogP contribution is 2.33. The van der Waals surface area contributed by atoms with Crippen LogP contribution in [0.2, 0.25) is 0 Å². The number of carbonyl (C=O) groups excluding carboxylic acids is 1. The minimum atomic E-state index is -0.975. The van der Waals surface area contributed by atoms with E-state index in [1.165, 1.54) is 23.5 Å². The topological polar surface area (TPSA) is 79.2 Å². The standard InChI is InChI=1S/C21H26FNO5S/c1-2-27-20(25)19-18(7-12-29-19)28-14-17(24)13-23-10-8-21(26,9-11-23)15-3-5-16(22)6-4-15/h3-7,12,17,24,26H,2,8-11,13-14H2,1H3. The van der Waals surface area contributed by atoms with Crippen LogP contribution in [-0.4, -0.2) is 60.0 Å². The Bertz CT molecular complexity index is 802. The molecule has 2 N–H and O–H groups in total. The summed E-state index contributed by atoms with van der Waals surface area (Å²) in [6, 6.07) is 7.64. The van der Waals surface area contributed by atoms with Gasteiger partial charge >= 0.3 is 5.97 Å². The van der Waals surface area contributed by atoms with Crippen molar-refractivity contribution in [2.24, 2.45) is 0 Å². The van der Waals surface area contributed by atoms with Gasteiger partial charge in [0, 0.05) is 19.6 Å². The van der Waals surface area contributed by atoms with Crippen molar-refractivity contribution >= 4 is 17.3 Å². The fraction of sp³-hybridized carbons (Fsp3) is 0.476. The largest absolute Gasteiger partial charge is 0.489 e. The summed E-state index contributed by atoms with van der Waals surface area (Å²) in [4.78, 5) is 14.3. The molecule has 1 fully saturated rings. The molecule has 0 spiro atoms. The molecule has 1 aromatic heterocycles. The van der Waals surface area contributed by atoms with Crippen LogP contribution in [0.4, 0.5) is 4.39 Å². The van der Waals surface area contributed by atoms with Gasteiger partial charge < -0.3 is 24.6 Å². The van der Waals surface area contributed by atoms with Gasteiger partial charge in [-0.05, 0) is 48.9 Å². The van der Waals surface area contributed by atoms with Gasteiger partial charge in [0.05, 0.1) is 12.2 Å². The first kappa shape index (κ1) is 21.7. The number of esters is 1. The lowest BCUT2D eigenvalue weighted by molar-refractivity contribution is -0.0372. The average molecular weight is 424 g/mol. The van der Waals surface area contributed by atoms with E-state index in [4.69, 9.17) is 9.47 Å². The second-order valence-corrected chi connectivity index (χ2v) is 8.05. The van der Waals surface area contributed by atoms with E-state index in [0.29, 0.717) is 48.7 Å². The Labute approximate surface area is 173 Å². The van der Waals surface area contributed by atoms with E-state index in [2.05, 4.69) is 4.90 Å². The van der Waals surface area contributed by atoms with Crippen LogP contribution < -0.4 is 4.74 Å². The summed E-state index contributed by atoms with van der Waals surface area (Å²) in [7, 11) is 0. The molecule has 1 unspecified atom stereocenters. The fourth-order valence-corrected chi connectivity index (χ4v) is 4.17. The average Bonchev–Trinajstić information content (AvgIpc) is 3.18. The number of carbonyl (C=O) groups is 1. The van der Waals surface area contributed by atoms with E-state index < -0.39 is 17.7 Å². The van der Waals surface area contributed by atoms with Gasteiger partial charge in [0.25, 0.3) is 0 Å². The SMILES string of the molecule is CCOC(=O)c1sccc1OCC(O)CN1CCC(O)(c2ccc(F)cc2)CC1. The highest BCUT2D eigenvalue weighted by molar-refractivity contribution is 7.12. The molecule has 0 aliphatic carbocycles. The number of hydrogen-bond donors (Lipinski definition) is 2. The molecule has 0 amide bonds. The monoisotopic (exact) mass is 423 g/mol. The molecule has 0 saturated carbocycles. The molecule has 2 aromatic rings. The van der Waals surface area contributed by atoms with Crippen molar-refractivity contribution in [3.63, 3.8) is 0 Å². The summed E-state index contributed by atoms with van der Waals surface area (Å²) in [6.45, 7) is 3.71. The number of rotatable bonds is 8. The third-order valence-corrected chi connectivity index (χ3v) is 5.93. The molecular weight excluding hydrogens is 397 g/mol. The van der Waals surface area contributed by atoms with E-state index in [-0.39, 0.29) is 19.0 Å². The Morgan fingerprint density at radius 1 is 1.28 bits per heavy atom. The minimum Gasteiger partial charge on any atom is -0.489 e. The Hall–Kier alpha value is -2.00. The molecule has 8 heteroatoms. The molecule has 158 valence electrons. The number of halogens is 1. The first-order chi connectivity index (χ1) is 13.9. The van der Waals surface area contributed by atoms with E-state index in [0.717, 1.165) is 0 Å². The zero-order valence-corrected chi connectivity index (χ0v) is 17.2. The van der Waals surface area contributed by atoms with Gasteiger partial charge in [0.2, 0.25) is 0 Å². The van der Waals surface area contributed by atoms with Crippen LogP contribution in [0.1, 0.15) is 35.0 Å². The van der Waals surface area contributed by atoms with Gasteiger partial charge in [0.1, 0.15) is 24.3 Å². The first-order valence-electron chi connectivity index (χ1n) is 9.67. The number of piperidine rings is 1. The van der Waals surface area contributed by atoms with Crippen molar-refractivity contribution < 1.29 is 28.9 Å². The summed E-state index contributed by atoms with van der Waals surface area (Å²) >= 11 is 1.24. The number of likely N-dealkylation sites (tertiary alicyclic amines) is 1. The highest BCUT2D eigenvalue weighted by atomic mass is 32.1. The third kappa shape index (κ3) is 5.54. The molecule has 3 rings (SSSR count). The van der Waals surface area contributed by atoms with E-state index in [1.54, 1.807) is 30.5 Å². The number of aliphatic hydroxyl groups excluding tert-OH is 1. The third-order valence-electron chi connectivity index (χ3n) is 5.05. The molecule has 1 atom stereocenters. The van der Waals surface area contributed by atoms with Gasteiger partial charge in [-0.25, -0.2) is 9.18 Å². The van der Waals surface area contributed by atoms with Gasteiger partial charge in [-0.2, -0.15) is 0 Å². The Balaban J connectivity index is 1.47. The quantitative estimate of drug-likeness (QED) is 0.636. The zero-order chi connectivity index (χ0) is 20.9. The number of benzene rings is 1. The molecule has 2 heterocycles. The summed E-state index contributed by atoms with van der Waals surface area (Å²) < 4.78 is 23.7. The van der Waals surface area contributed by atoms with Crippen molar-refractivity contribution in [3.05, 3.63) is 52.0 Å². The van der Waals surface area contributed by atoms with Crippen LogP contribution in [0.3, 0.4) is 0 Å². The van der Waals surface area contributed by atoms with Crippen molar-refractivity contribution in [1.82, 2.24) is 4.90 Å². The normalized spacial score (nSPS) is 17.7. The molecule has 0 radical (unpaired) electrons. The summed E-state index contributed by atoms with van der Waals surface area (Å²) in [5.74, 6) is -0.338. The van der Waals surface area contributed by atoms with Gasteiger partial charge in [-0.3, -0.25) is 0 Å². The van der Waals surface area contributed by atoms with Crippen LogP contribution in [0, 0.1) is 5.82 Å². The van der Waals surface area contributed by atoms with Crippen LogP contribution in [-0.2, 0) is 10.3 Å². The molecule has 1 aliphatic rings. The van der Waals surface area contributed by atoms with E-state index in [9.17, 15) is 19.4 Å². The summed E-state index contributed by atoms with van der Waals surface area (Å²) in [5, 5.41) is 22.9. The summed E-state index contributed by atoms with van der Waals surface area (Å²) in [5.41, 5.74) is -0.261. The number of thiophene rings is 1. The Morgan fingerprint density at radius 3 is 2.62 bits per heavy atom. The lowest BCUT2D eigenvalue weighted by Crippen LogP contribution is -2.46. The number of aliphatic hydroxyl groups is 2. The predicted molar refractivity (Wildman–Crippen MR) is 108 cm³/mol. The van der Waals surface area contributed by atoms with Gasteiger partial charge in [-0.1, -0.05) is 12.1 Å². The maximum atomic E-state index is 13.1. The predicted octanol–water partition coefficient (Wildman–Crippen LogP) is 2.79.